The van der Waals surface area contributed by atoms with Gasteiger partial charge >= 0.3 is 12.4 Å². The van der Waals surface area contributed by atoms with E-state index in [0.717, 1.165) is 4.90 Å². The molecule has 2 aromatic rings. The van der Waals surface area contributed by atoms with Crippen molar-refractivity contribution in [2.24, 2.45) is 5.92 Å². The monoisotopic (exact) mass is 601 g/mol. The summed E-state index contributed by atoms with van der Waals surface area (Å²) >= 11 is 0. The van der Waals surface area contributed by atoms with Crippen LogP contribution in [-0.2, 0) is 33.3 Å². The maximum Gasteiger partial charge on any atom is 0.416 e. The van der Waals surface area contributed by atoms with E-state index in [2.05, 4.69) is 0 Å². The summed E-state index contributed by atoms with van der Waals surface area (Å²) in [5.74, 6) is -2.90. The minimum Gasteiger partial charge on any atom is -0.341 e. The molecule has 0 N–H and O–H groups in total. The van der Waals surface area contributed by atoms with E-state index in [0.29, 0.717) is 29.7 Å². The number of nitrogens with zero attached hydrogens (tertiary/aromatic N) is 3. The molecule has 4 rings (SSSR count). The number of carbonyl (C=O) groups is 3. The number of hydrogen-bond donors (Lipinski definition) is 0. The Labute approximate surface area is 238 Å². The standard InChI is InChI=1S/C29H30F7N3O3/c1-16-10-20(30)4-5-21(16)23-15-39(27(42)24-6-7-25(40)38(24)3)9-8-22(23)26(41)37(2)14-17-11-18(28(31,32)33)13-19(12-17)29(34,35)36/h4-5,10-13,22-24H,6-9,14-15H2,1-3H3/t22?,23?,24-/m1/s1. The minimum absolute atomic E-state index is 0.0285. The van der Waals surface area contributed by atoms with Gasteiger partial charge in [-0.3, -0.25) is 14.4 Å². The third-order valence-electron chi connectivity index (χ3n) is 8.09. The van der Waals surface area contributed by atoms with E-state index in [-0.39, 0.29) is 49.4 Å². The molecule has 0 saturated carbocycles. The smallest absolute Gasteiger partial charge is 0.341 e. The Morgan fingerprint density at radius 1 is 0.976 bits per heavy atom. The first kappa shape index (κ1) is 31.3. The molecule has 2 fully saturated rings. The van der Waals surface area contributed by atoms with Crippen LogP contribution in [0.15, 0.2) is 36.4 Å². The van der Waals surface area contributed by atoms with E-state index >= 15 is 0 Å². The van der Waals surface area contributed by atoms with Crippen molar-refractivity contribution >= 4 is 17.7 Å². The molecule has 2 heterocycles. The predicted molar refractivity (Wildman–Crippen MR) is 137 cm³/mol. The summed E-state index contributed by atoms with van der Waals surface area (Å²) in [7, 11) is 2.84. The van der Waals surface area contributed by atoms with Gasteiger partial charge in [0, 0.05) is 52.0 Å². The van der Waals surface area contributed by atoms with Crippen molar-refractivity contribution in [2.45, 2.75) is 57.0 Å². The normalized spacial score (nSPS) is 21.6. The molecule has 2 aliphatic rings. The van der Waals surface area contributed by atoms with Crippen molar-refractivity contribution < 1.29 is 45.1 Å². The fourth-order valence-electron chi connectivity index (χ4n) is 5.87. The number of rotatable bonds is 5. The molecule has 2 aliphatic heterocycles. The van der Waals surface area contributed by atoms with E-state index in [1.807, 2.05) is 0 Å². The van der Waals surface area contributed by atoms with Crippen LogP contribution in [0.25, 0.3) is 0 Å². The van der Waals surface area contributed by atoms with Crippen molar-refractivity contribution in [3.8, 4) is 0 Å². The number of carbonyl (C=O) groups excluding carboxylic acids is 3. The lowest BCUT2D eigenvalue weighted by molar-refractivity contribution is -0.145. The van der Waals surface area contributed by atoms with Crippen molar-refractivity contribution in [3.63, 3.8) is 0 Å². The molecule has 2 unspecified atom stereocenters. The Kier molecular flexibility index (Phi) is 8.62. The Bertz CT molecular complexity index is 1340. The zero-order valence-corrected chi connectivity index (χ0v) is 23.2. The van der Waals surface area contributed by atoms with Crippen LogP contribution in [0.1, 0.15) is 53.0 Å². The fourth-order valence-corrected chi connectivity index (χ4v) is 5.87. The van der Waals surface area contributed by atoms with Gasteiger partial charge in [0.05, 0.1) is 11.1 Å². The Hall–Kier alpha value is -3.64. The Balaban J connectivity index is 1.62. The molecule has 0 spiro atoms. The van der Waals surface area contributed by atoms with Crippen molar-refractivity contribution in [1.29, 1.82) is 0 Å². The summed E-state index contributed by atoms with van der Waals surface area (Å²) in [6.45, 7) is 1.35. The first-order chi connectivity index (χ1) is 19.5. The molecule has 0 bridgehead atoms. The fraction of sp³-hybridized carbons (Fsp3) is 0.483. The van der Waals surface area contributed by atoms with E-state index in [4.69, 9.17) is 0 Å². The quantitative estimate of drug-likeness (QED) is 0.433. The lowest BCUT2D eigenvalue weighted by Gasteiger charge is -2.41. The van der Waals surface area contributed by atoms with Crippen LogP contribution < -0.4 is 0 Å². The molecule has 3 amide bonds. The van der Waals surface area contributed by atoms with Crippen LogP contribution in [0, 0.1) is 18.7 Å². The number of hydrogen-bond acceptors (Lipinski definition) is 3. The second-order valence-corrected chi connectivity index (χ2v) is 11.0. The van der Waals surface area contributed by atoms with E-state index in [9.17, 15) is 45.1 Å². The predicted octanol–water partition coefficient (Wildman–Crippen LogP) is 5.38. The van der Waals surface area contributed by atoms with E-state index < -0.39 is 59.6 Å². The zero-order valence-electron chi connectivity index (χ0n) is 23.2. The Morgan fingerprint density at radius 3 is 2.12 bits per heavy atom. The highest BCUT2D eigenvalue weighted by Gasteiger charge is 2.43. The highest BCUT2D eigenvalue weighted by Crippen LogP contribution is 2.39. The van der Waals surface area contributed by atoms with Gasteiger partial charge < -0.3 is 14.7 Å². The lowest BCUT2D eigenvalue weighted by Crippen LogP contribution is -2.52. The summed E-state index contributed by atoms with van der Waals surface area (Å²) in [6, 6.07) is 4.57. The highest BCUT2D eigenvalue weighted by molar-refractivity contribution is 5.91. The summed E-state index contributed by atoms with van der Waals surface area (Å²) in [6.07, 6.45) is -9.31. The molecule has 0 aromatic heterocycles. The maximum absolute atomic E-state index is 13.9. The van der Waals surface area contributed by atoms with Gasteiger partial charge in [0.15, 0.2) is 0 Å². The van der Waals surface area contributed by atoms with Gasteiger partial charge in [0.25, 0.3) is 0 Å². The Morgan fingerprint density at radius 2 is 1.60 bits per heavy atom. The zero-order chi connectivity index (χ0) is 31.1. The molecular weight excluding hydrogens is 571 g/mol. The van der Waals surface area contributed by atoms with E-state index in [1.54, 1.807) is 18.9 Å². The van der Waals surface area contributed by atoms with Gasteiger partial charge in [-0.25, -0.2) is 4.39 Å². The first-order valence-electron chi connectivity index (χ1n) is 13.3. The third-order valence-corrected chi connectivity index (χ3v) is 8.09. The largest absolute Gasteiger partial charge is 0.416 e. The molecule has 2 saturated heterocycles. The molecular formula is C29H30F7N3O3. The molecule has 13 heteroatoms. The minimum atomic E-state index is -5.03. The molecule has 0 radical (unpaired) electrons. The van der Waals surface area contributed by atoms with Gasteiger partial charge in [-0.05, 0) is 66.8 Å². The molecule has 6 nitrogen and oxygen atoms in total. The SMILES string of the molecule is Cc1cc(F)ccc1C1CN(C(=O)[C@H]2CCC(=O)N2C)CCC1C(=O)N(C)Cc1cc(C(F)(F)F)cc(C(F)(F)F)c1. The van der Waals surface area contributed by atoms with Crippen LogP contribution >= 0.6 is 0 Å². The third kappa shape index (κ3) is 6.54. The van der Waals surface area contributed by atoms with Crippen LogP contribution in [0.4, 0.5) is 30.7 Å². The van der Waals surface area contributed by atoms with Crippen LogP contribution in [0.2, 0.25) is 0 Å². The second kappa shape index (κ2) is 11.6. The van der Waals surface area contributed by atoms with Crippen LogP contribution in [0.5, 0.6) is 0 Å². The average molecular weight is 602 g/mol. The van der Waals surface area contributed by atoms with Crippen LogP contribution in [-0.4, -0.2) is 65.6 Å². The average Bonchev–Trinajstić information content (AvgIpc) is 3.24. The first-order valence-corrected chi connectivity index (χ1v) is 13.3. The summed E-state index contributed by atoms with van der Waals surface area (Å²) in [4.78, 5) is 43.1. The summed E-state index contributed by atoms with van der Waals surface area (Å²) < 4.78 is 94.1. The number of benzene rings is 2. The molecule has 3 atom stereocenters. The molecule has 228 valence electrons. The van der Waals surface area contributed by atoms with Crippen molar-refractivity contribution in [2.75, 3.05) is 27.2 Å². The topological polar surface area (TPSA) is 60.9 Å². The van der Waals surface area contributed by atoms with Crippen molar-refractivity contribution in [3.05, 3.63) is 70.0 Å². The lowest BCUT2D eigenvalue weighted by atomic mass is 9.78. The molecule has 0 aliphatic carbocycles. The number of piperidine rings is 1. The number of likely N-dealkylation sites (N-methyl/N-ethyl adjacent to an activating group) is 1. The summed E-state index contributed by atoms with van der Waals surface area (Å²) in [5.41, 5.74) is -2.18. The highest BCUT2D eigenvalue weighted by atomic mass is 19.4. The molecule has 2 aromatic carbocycles. The van der Waals surface area contributed by atoms with Crippen LogP contribution in [0.3, 0.4) is 0 Å². The summed E-state index contributed by atoms with van der Waals surface area (Å²) in [5, 5.41) is 0. The van der Waals surface area contributed by atoms with Crippen molar-refractivity contribution in [1.82, 2.24) is 14.7 Å². The molecule has 42 heavy (non-hydrogen) atoms. The van der Waals surface area contributed by atoms with Gasteiger partial charge in [0.2, 0.25) is 17.7 Å². The number of aryl methyl sites for hydroxylation is 1. The number of alkyl halides is 6. The second-order valence-electron chi connectivity index (χ2n) is 11.0. The number of likely N-dealkylation sites (tertiary alicyclic amines) is 2. The maximum atomic E-state index is 13.9. The van der Waals surface area contributed by atoms with Gasteiger partial charge in [0.1, 0.15) is 11.9 Å². The number of amides is 3. The number of halogens is 7. The van der Waals surface area contributed by atoms with E-state index in [1.165, 1.54) is 30.1 Å². The van der Waals surface area contributed by atoms with Gasteiger partial charge in [-0.15, -0.1) is 0 Å². The van der Waals surface area contributed by atoms with Gasteiger partial charge in [-0.1, -0.05) is 6.07 Å². The van der Waals surface area contributed by atoms with Gasteiger partial charge in [-0.2, -0.15) is 26.3 Å².